The van der Waals surface area contributed by atoms with E-state index in [9.17, 15) is 9.59 Å². The van der Waals surface area contributed by atoms with Crippen LogP contribution in [-0.2, 0) is 33.7 Å². The molecule has 0 radical (unpaired) electrons. The summed E-state index contributed by atoms with van der Waals surface area (Å²) < 4.78 is 12.9. The normalized spacial score (nSPS) is 11.6. The molecule has 1 unspecified atom stereocenters. The van der Waals surface area contributed by atoms with Gasteiger partial charge in [0.1, 0.15) is 5.75 Å². The standard InChI is InChI=1S/C24H29N5O4S2/c1-5-12-29-22(16(4)33-19-10-8-17(6-2)9-11-19)27-28-24(29)35-15-20(30)26-23-25-18(14-34-23)13-21(31)32-7-3/h5,8-11,14,16H,1,6-7,12-13,15H2,2-4H3,(H,25,26,30). The van der Waals surface area contributed by atoms with Crippen molar-refractivity contribution in [3.63, 3.8) is 0 Å². The smallest absolute Gasteiger partial charge is 0.311 e. The number of thioether (sulfide) groups is 1. The highest BCUT2D eigenvalue weighted by Gasteiger charge is 2.20. The summed E-state index contributed by atoms with van der Waals surface area (Å²) in [5, 5.41) is 14.1. The van der Waals surface area contributed by atoms with E-state index in [4.69, 9.17) is 9.47 Å². The second-order valence-corrected chi connectivity index (χ2v) is 9.26. The van der Waals surface area contributed by atoms with E-state index in [1.165, 1.54) is 28.7 Å². The lowest BCUT2D eigenvalue weighted by Gasteiger charge is -2.16. The number of anilines is 1. The topological polar surface area (TPSA) is 108 Å². The highest BCUT2D eigenvalue weighted by atomic mass is 32.2. The van der Waals surface area contributed by atoms with E-state index in [1.807, 2.05) is 35.8 Å². The van der Waals surface area contributed by atoms with Gasteiger partial charge >= 0.3 is 5.97 Å². The minimum atomic E-state index is -0.347. The first-order chi connectivity index (χ1) is 16.9. The summed E-state index contributed by atoms with van der Waals surface area (Å²) in [6.45, 7) is 10.4. The molecule has 0 spiro atoms. The number of ether oxygens (including phenoxy) is 2. The SMILES string of the molecule is C=CCn1c(SCC(=O)Nc2nc(CC(=O)OCC)cs2)nnc1C(C)Oc1ccc(CC)cc1. The molecule has 0 aliphatic heterocycles. The minimum absolute atomic E-state index is 0.0748. The van der Waals surface area contributed by atoms with E-state index >= 15 is 0 Å². The monoisotopic (exact) mass is 515 g/mol. The predicted octanol–water partition coefficient (Wildman–Crippen LogP) is 4.46. The van der Waals surface area contributed by atoms with Crippen LogP contribution in [0.3, 0.4) is 0 Å². The number of benzene rings is 1. The molecule has 3 rings (SSSR count). The molecule has 0 aliphatic carbocycles. The number of amides is 1. The number of esters is 1. The van der Waals surface area contributed by atoms with E-state index in [0.717, 1.165) is 12.2 Å². The number of nitrogens with one attached hydrogen (secondary N) is 1. The van der Waals surface area contributed by atoms with E-state index in [0.29, 0.717) is 35.0 Å². The van der Waals surface area contributed by atoms with Gasteiger partial charge in [0.2, 0.25) is 5.91 Å². The molecule has 1 aromatic carbocycles. The van der Waals surface area contributed by atoms with E-state index in [-0.39, 0.29) is 30.2 Å². The van der Waals surface area contributed by atoms with Crippen LogP contribution in [0.2, 0.25) is 0 Å². The van der Waals surface area contributed by atoms with Crippen LogP contribution in [0.5, 0.6) is 5.75 Å². The van der Waals surface area contributed by atoms with E-state index in [2.05, 4.69) is 34.0 Å². The lowest BCUT2D eigenvalue weighted by molar-refractivity contribution is -0.142. The summed E-state index contributed by atoms with van der Waals surface area (Å²) in [6.07, 6.45) is 2.45. The van der Waals surface area contributed by atoms with Gasteiger partial charge in [-0.1, -0.05) is 36.9 Å². The Balaban J connectivity index is 1.58. The van der Waals surface area contributed by atoms with E-state index in [1.54, 1.807) is 18.4 Å². The molecule has 0 fully saturated rings. The summed E-state index contributed by atoms with van der Waals surface area (Å²) in [5.41, 5.74) is 1.80. The Morgan fingerprint density at radius 3 is 2.71 bits per heavy atom. The summed E-state index contributed by atoms with van der Waals surface area (Å²) in [7, 11) is 0. The third-order valence-electron chi connectivity index (χ3n) is 4.83. The Bertz CT molecular complexity index is 1140. The third-order valence-corrected chi connectivity index (χ3v) is 6.60. The average molecular weight is 516 g/mol. The fraction of sp³-hybridized carbons (Fsp3) is 0.375. The highest BCUT2D eigenvalue weighted by Crippen LogP contribution is 2.25. The van der Waals surface area contributed by atoms with Crippen LogP contribution in [0.1, 0.15) is 44.0 Å². The molecule has 2 aromatic heterocycles. The second kappa shape index (κ2) is 13.1. The number of aryl methyl sites for hydroxylation is 1. The van der Waals surface area contributed by atoms with Crippen molar-refractivity contribution >= 4 is 40.1 Å². The maximum Gasteiger partial charge on any atom is 0.311 e. The summed E-state index contributed by atoms with van der Waals surface area (Å²) in [4.78, 5) is 28.3. The van der Waals surface area contributed by atoms with Crippen molar-refractivity contribution in [1.82, 2.24) is 19.7 Å². The molecule has 0 bridgehead atoms. The van der Waals surface area contributed by atoms with Gasteiger partial charge in [0.05, 0.1) is 24.5 Å². The van der Waals surface area contributed by atoms with Crippen LogP contribution in [0, 0.1) is 0 Å². The first-order valence-electron chi connectivity index (χ1n) is 11.3. The molecule has 0 saturated heterocycles. The number of aromatic nitrogens is 4. The van der Waals surface area contributed by atoms with Gasteiger partial charge in [-0.3, -0.25) is 14.2 Å². The maximum absolute atomic E-state index is 12.5. The van der Waals surface area contributed by atoms with Crippen LogP contribution in [-0.4, -0.2) is 44.0 Å². The zero-order valence-electron chi connectivity index (χ0n) is 20.0. The fourth-order valence-electron chi connectivity index (χ4n) is 3.16. The molecule has 186 valence electrons. The zero-order valence-corrected chi connectivity index (χ0v) is 21.7. The van der Waals surface area contributed by atoms with Crippen molar-refractivity contribution in [2.24, 2.45) is 0 Å². The summed E-state index contributed by atoms with van der Waals surface area (Å²) >= 11 is 2.52. The number of thiazole rings is 1. The number of rotatable bonds is 13. The first kappa shape index (κ1) is 26.4. The second-order valence-electron chi connectivity index (χ2n) is 7.46. The first-order valence-corrected chi connectivity index (χ1v) is 13.1. The molecular weight excluding hydrogens is 486 g/mol. The van der Waals surface area contributed by atoms with Gasteiger partial charge in [0.25, 0.3) is 0 Å². The lowest BCUT2D eigenvalue weighted by atomic mass is 10.2. The Kier molecular flexibility index (Phi) is 9.86. The van der Waals surface area contributed by atoms with Gasteiger partial charge in [-0.15, -0.1) is 28.1 Å². The van der Waals surface area contributed by atoms with Gasteiger partial charge in [-0.25, -0.2) is 4.98 Å². The molecule has 1 atom stereocenters. The largest absolute Gasteiger partial charge is 0.483 e. The van der Waals surface area contributed by atoms with Crippen molar-refractivity contribution in [2.75, 3.05) is 17.7 Å². The average Bonchev–Trinajstić information content (AvgIpc) is 3.45. The van der Waals surface area contributed by atoms with Gasteiger partial charge < -0.3 is 14.8 Å². The van der Waals surface area contributed by atoms with Crippen molar-refractivity contribution < 1.29 is 19.1 Å². The molecular formula is C24H29N5O4S2. The molecule has 2 heterocycles. The van der Waals surface area contributed by atoms with Crippen molar-refractivity contribution in [1.29, 1.82) is 0 Å². The van der Waals surface area contributed by atoms with Gasteiger partial charge in [-0.2, -0.15) is 0 Å². The van der Waals surface area contributed by atoms with Gasteiger partial charge in [0, 0.05) is 11.9 Å². The molecule has 9 nitrogen and oxygen atoms in total. The number of carbonyl (C=O) groups excluding carboxylic acids is 2. The third kappa shape index (κ3) is 7.66. The highest BCUT2D eigenvalue weighted by molar-refractivity contribution is 7.99. The minimum Gasteiger partial charge on any atom is -0.483 e. The van der Waals surface area contributed by atoms with Crippen LogP contribution in [0.4, 0.5) is 5.13 Å². The van der Waals surface area contributed by atoms with Crippen molar-refractivity contribution in [3.05, 3.63) is 59.4 Å². The summed E-state index contributed by atoms with van der Waals surface area (Å²) in [5.74, 6) is 0.940. The Labute approximate surface area is 213 Å². The van der Waals surface area contributed by atoms with Crippen LogP contribution >= 0.6 is 23.1 Å². The van der Waals surface area contributed by atoms with Crippen LogP contribution < -0.4 is 10.1 Å². The molecule has 1 amide bonds. The molecule has 3 aromatic rings. The summed E-state index contributed by atoms with van der Waals surface area (Å²) in [6, 6.07) is 7.97. The number of carbonyl (C=O) groups is 2. The van der Waals surface area contributed by atoms with Gasteiger partial charge in [-0.05, 0) is 38.0 Å². The Morgan fingerprint density at radius 1 is 1.26 bits per heavy atom. The number of allylic oxidation sites excluding steroid dienone is 1. The predicted molar refractivity (Wildman–Crippen MR) is 137 cm³/mol. The quantitative estimate of drug-likeness (QED) is 0.202. The van der Waals surface area contributed by atoms with Crippen molar-refractivity contribution in [3.8, 4) is 5.75 Å². The maximum atomic E-state index is 12.5. The molecule has 1 N–H and O–H groups in total. The molecule has 0 aliphatic rings. The number of nitrogens with zero attached hydrogens (tertiary/aromatic N) is 4. The number of hydrogen-bond donors (Lipinski definition) is 1. The molecule has 11 heteroatoms. The van der Waals surface area contributed by atoms with Crippen LogP contribution in [0.15, 0.2) is 47.5 Å². The Hall–Kier alpha value is -3.18. The molecule has 0 saturated carbocycles. The Morgan fingerprint density at radius 2 is 2.03 bits per heavy atom. The number of hydrogen-bond acceptors (Lipinski definition) is 9. The van der Waals surface area contributed by atoms with Crippen molar-refractivity contribution in [2.45, 2.75) is 51.4 Å². The van der Waals surface area contributed by atoms with Crippen LogP contribution in [0.25, 0.3) is 0 Å². The molecule has 35 heavy (non-hydrogen) atoms. The lowest BCUT2D eigenvalue weighted by Crippen LogP contribution is -2.15. The van der Waals surface area contributed by atoms with Gasteiger partial charge in [0.15, 0.2) is 22.2 Å². The fourth-order valence-corrected chi connectivity index (χ4v) is 4.64. The van der Waals surface area contributed by atoms with E-state index < -0.39 is 0 Å². The zero-order chi connectivity index (χ0) is 25.2.